The Hall–Kier alpha value is -2.04. The molecule has 1 saturated carbocycles. The number of nitriles is 1. The predicted molar refractivity (Wildman–Crippen MR) is 80.0 cm³/mol. The Kier molecular flexibility index (Phi) is 3.15. The zero-order valence-corrected chi connectivity index (χ0v) is 12.0. The molecule has 4 rings (SSSR count). The van der Waals surface area contributed by atoms with Crippen molar-refractivity contribution in [3.05, 3.63) is 11.8 Å². The van der Waals surface area contributed by atoms with Gasteiger partial charge in [-0.1, -0.05) is 5.16 Å². The van der Waals surface area contributed by atoms with E-state index in [1.807, 2.05) is 0 Å². The number of anilines is 2. The van der Waals surface area contributed by atoms with Gasteiger partial charge in [0.15, 0.2) is 11.6 Å². The maximum atomic E-state index is 9.13. The van der Waals surface area contributed by atoms with Crippen LogP contribution in [-0.2, 0) is 0 Å². The van der Waals surface area contributed by atoms with Gasteiger partial charge in [-0.2, -0.15) is 5.26 Å². The standard InChI is InChI=1S/C13H14N6O.ClH/c14-4-7-3-8-11(20-18-12(8)16)13(17-7)19-5-6-1-2-9(19)10(6)15;/h3,6,9-10H,1-2,5,15H2,(H2,16,18);1H/t6-,9-,10+;/m0./s1. The fourth-order valence-corrected chi connectivity index (χ4v) is 3.49. The number of piperidine rings is 1. The lowest BCUT2D eigenvalue weighted by Gasteiger charge is -2.27. The summed E-state index contributed by atoms with van der Waals surface area (Å²) in [7, 11) is 0. The molecule has 0 aromatic carbocycles. The Balaban J connectivity index is 0.00000132. The van der Waals surface area contributed by atoms with Gasteiger partial charge in [0.05, 0.1) is 5.39 Å². The second-order valence-corrected chi connectivity index (χ2v) is 5.52. The molecule has 8 heteroatoms. The second kappa shape index (κ2) is 4.76. The summed E-state index contributed by atoms with van der Waals surface area (Å²) in [6.07, 6.45) is 2.21. The molecule has 2 aliphatic rings. The van der Waals surface area contributed by atoms with E-state index < -0.39 is 0 Å². The average Bonchev–Trinajstić information content (AvgIpc) is 3.12. The summed E-state index contributed by atoms with van der Waals surface area (Å²) >= 11 is 0. The Morgan fingerprint density at radius 1 is 1.43 bits per heavy atom. The molecular formula is C13H15ClN6O. The fourth-order valence-electron chi connectivity index (χ4n) is 3.49. The molecule has 0 radical (unpaired) electrons. The number of nitrogens with two attached hydrogens (primary N) is 2. The second-order valence-electron chi connectivity index (χ2n) is 5.52. The molecule has 2 bridgehead atoms. The topological polar surface area (TPSA) is 118 Å². The predicted octanol–water partition coefficient (Wildman–Crippen LogP) is 1.02. The Labute approximate surface area is 127 Å². The van der Waals surface area contributed by atoms with E-state index in [9.17, 15) is 0 Å². The third-order valence-electron chi connectivity index (χ3n) is 4.51. The van der Waals surface area contributed by atoms with Crippen LogP contribution in [0.1, 0.15) is 18.5 Å². The quantitative estimate of drug-likeness (QED) is 0.807. The average molecular weight is 307 g/mol. The molecule has 0 spiro atoms. The van der Waals surface area contributed by atoms with Gasteiger partial charge in [-0.05, 0) is 24.8 Å². The molecule has 1 aliphatic heterocycles. The number of aromatic nitrogens is 2. The van der Waals surface area contributed by atoms with Crippen LogP contribution in [0.15, 0.2) is 10.6 Å². The van der Waals surface area contributed by atoms with Crippen LogP contribution in [0.4, 0.5) is 11.6 Å². The van der Waals surface area contributed by atoms with Crippen LogP contribution in [0, 0.1) is 17.2 Å². The molecular weight excluding hydrogens is 292 g/mol. The highest BCUT2D eigenvalue weighted by atomic mass is 35.5. The SMILES string of the molecule is Cl.N#Cc1cc2c(N)noc2c(N2C[C@@H]3CC[C@H]2[C@@H]3N)n1. The molecule has 2 aromatic rings. The minimum atomic E-state index is 0. The lowest BCUT2D eigenvalue weighted by atomic mass is 10.1. The highest BCUT2D eigenvalue weighted by Crippen LogP contribution is 2.41. The summed E-state index contributed by atoms with van der Waals surface area (Å²) < 4.78 is 5.31. The van der Waals surface area contributed by atoms with Crippen LogP contribution in [0.5, 0.6) is 0 Å². The molecule has 0 unspecified atom stereocenters. The maximum Gasteiger partial charge on any atom is 0.211 e. The summed E-state index contributed by atoms with van der Waals surface area (Å²) in [5.41, 5.74) is 12.9. The Morgan fingerprint density at radius 3 is 2.86 bits per heavy atom. The summed E-state index contributed by atoms with van der Waals surface area (Å²) in [4.78, 5) is 6.53. The Bertz CT molecular complexity index is 738. The van der Waals surface area contributed by atoms with E-state index in [1.54, 1.807) is 6.07 Å². The van der Waals surface area contributed by atoms with Gasteiger partial charge in [0.2, 0.25) is 5.58 Å². The van der Waals surface area contributed by atoms with Crippen LogP contribution in [0.3, 0.4) is 0 Å². The van der Waals surface area contributed by atoms with Crippen molar-refractivity contribution < 1.29 is 4.52 Å². The van der Waals surface area contributed by atoms with Crippen molar-refractivity contribution in [2.24, 2.45) is 11.7 Å². The van der Waals surface area contributed by atoms with Gasteiger partial charge in [0.25, 0.3) is 0 Å². The molecule has 21 heavy (non-hydrogen) atoms. The van der Waals surface area contributed by atoms with Crippen molar-refractivity contribution in [2.75, 3.05) is 17.2 Å². The third-order valence-corrected chi connectivity index (χ3v) is 4.51. The number of rotatable bonds is 1. The number of nitrogen functional groups attached to an aromatic ring is 1. The van der Waals surface area contributed by atoms with E-state index in [-0.39, 0.29) is 30.3 Å². The molecule has 1 saturated heterocycles. The minimum Gasteiger partial charge on any atom is -0.380 e. The van der Waals surface area contributed by atoms with Crippen molar-refractivity contribution >= 4 is 35.0 Å². The number of fused-ring (bicyclic) bond motifs is 3. The van der Waals surface area contributed by atoms with Gasteiger partial charge in [-0.15, -0.1) is 12.4 Å². The minimum absolute atomic E-state index is 0. The van der Waals surface area contributed by atoms with Gasteiger partial charge < -0.3 is 20.9 Å². The summed E-state index contributed by atoms with van der Waals surface area (Å²) in [5, 5.41) is 13.6. The number of halogens is 1. The third kappa shape index (κ3) is 1.83. The Morgan fingerprint density at radius 2 is 2.24 bits per heavy atom. The van der Waals surface area contributed by atoms with E-state index in [2.05, 4.69) is 21.1 Å². The van der Waals surface area contributed by atoms with Crippen molar-refractivity contribution in [1.82, 2.24) is 10.1 Å². The van der Waals surface area contributed by atoms with E-state index in [4.69, 9.17) is 21.3 Å². The fraction of sp³-hybridized carbons (Fsp3) is 0.462. The lowest BCUT2D eigenvalue weighted by Crippen LogP contribution is -2.38. The first-order chi connectivity index (χ1) is 9.69. The van der Waals surface area contributed by atoms with Gasteiger partial charge in [0.1, 0.15) is 11.8 Å². The molecule has 1 aliphatic carbocycles. The van der Waals surface area contributed by atoms with E-state index in [1.165, 1.54) is 0 Å². The molecule has 3 atom stereocenters. The number of hydrogen-bond acceptors (Lipinski definition) is 7. The van der Waals surface area contributed by atoms with Crippen molar-refractivity contribution in [3.63, 3.8) is 0 Å². The number of hydrogen-bond donors (Lipinski definition) is 2. The van der Waals surface area contributed by atoms with Crippen molar-refractivity contribution in [3.8, 4) is 6.07 Å². The van der Waals surface area contributed by atoms with Crippen LogP contribution < -0.4 is 16.4 Å². The zero-order chi connectivity index (χ0) is 13.9. The van der Waals surface area contributed by atoms with E-state index in [0.29, 0.717) is 28.4 Å². The van der Waals surface area contributed by atoms with Crippen LogP contribution >= 0.6 is 12.4 Å². The van der Waals surface area contributed by atoms with Crippen LogP contribution in [0.25, 0.3) is 11.0 Å². The van der Waals surface area contributed by atoms with Gasteiger partial charge in [-0.3, -0.25) is 0 Å². The normalized spacial score (nSPS) is 26.9. The van der Waals surface area contributed by atoms with Crippen LogP contribution in [-0.4, -0.2) is 28.8 Å². The molecule has 3 heterocycles. The lowest BCUT2D eigenvalue weighted by molar-refractivity contribution is 0.457. The smallest absolute Gasteiger partial charge is 0.211 e. The first-order valence-corrected chi connectivity index (χ1v) is 6.67. The van der Waals surface area contributed by atoms with Gasteiger partial charge in [-0.25, -0.2) is 4.98 Å². The molecule has 110 valence electrons. The zero-order valence-electron chi connectivity index (χ0n) is 11.2. The van der Waals surface area contributed by atoms with Crippen molar-refractivity contribution in [1.29, 1.82) is 5.26 Å². The summed E-state index contributed by atoms with van der Waals surface area (Å²) in [5.74, 6) is 1.42. The van der Waals surface area contributed by atoms with Crippen LogP contribution in [0.2, 0.25) is 0 Å². The van der Waals surface area contributed by atoms with Gasteiger partial charge in [0, 0.05) is 18.6 Å². The van der Waals surface area contributed by atoms with Crippen molar-refractivity contribution in [2.45, 2.75) is 24.9 Å². The summed E-state index contributed by atoms with van der Waals surface area (Å²) in [6, 6.07) is 4.10. The highest BCUT2D eigenvalue weighted by molar-refractivity contribution is 5.95. The summed E-state index contributed by atoms with van der Waals surface area (Å²) in [6.45, 7) is 0.851. The largest absolute Gasteiger partial charge is 0.380 e. The monoisotopic (exact) mass is 306 g/mol. The van der Waals surface area contributed by atoms with Gasteiger partial charge >= 0.3 is 0 Å². The maximum absolute atomic E-state index is 9.13. The molecule has 0 amide bonds. The molecule has 2 fully saturated rings. The number of pyridine rings is 1. The van der Waals surface area contributed by atoms with E-state index in [0.717, 1.165) is 19.4 Å². The molecule has 2 aromatic heterocycles. The number of nitrogens with zero attached hydrogens (tertiary/aromatic N) is 4. The first kappa shape index (κ1) is 13.9. The molecule has 4 N–H and O–H groups in total. The van der Waals surface area contributed by atoms with E-state index >= 15 is 0 Å². The first-order valence-electron chi connectivity index (χ1n) is 6.67. The molecule has 7 nitrogen and oxygen atoms in total. The highest BCUT2D eigenvalue weighted by Gasteiger charge is 2.46.